The highest BCUT2D eigenvalue weighted by atomic mass is 35.5. The van der Waals surface area contributed by atoms with Crippen LogP contribution in [0.15, 0.2) is 41.3 Å². The first-order valence-electron chi connectivity index (χ1n) is 15.9. The molecule has 11 heteroatoms. The van der Waals surface area contributed by atoms with E-state index in [9.17, 15) is 9.59 Å². The zero-order chi connectivity index (χ0) is 33.1. The molecule has 2 fully saturated rings. The minimum Gasteiger partial charge on any atom is -0.444 e. The van der Waals surface area contributed by atoms with Crippen LogP contribution >= 0.6 is 11.6 Å². The van der Waals surface area contributed by atoms with E-state index in [-0.39, 0.29) is 24.0 Å². The fraction of sp³-hybridized carbons (Fsp3) is 0.457. The summed E-state index contributed by atoms with van der Waals surface area (Å²) in [6, 6.07) is 8.17. The number of amides is 1. The Bertz CT molecular complexity index is 1900. The molecule has 4 aromatic rings. The van der Waals surface area contributed by atoms with Gasteiger partial charge in [0.25, 0.3) is 0 Å². The van der Waals surface area contributed by atoms with E-state index in [1.54, 1.807) is 17.2 Å². The lowest BCUT2D eigenvalue weighted by Gasteiger charge is -2.41. The van der Waals surface area contributed by atoms with Crippen molar-refractivity contribution in [3.63, 3.8) is 0 Å². The van der Waals surface area contributed by atoms with Crippen molar-refractivity contribution in [2.75, 3.05) is 24.5 Å². The largest absolute Gasteiger partial charge is 0.444 e. The van der Waals surface area contributed by atoms with Crippen LogP contribution in [0, 0.1) is 12.7 Å². The Balaban J connectivity index is 1.59. The van der Waals surface area contributed by atoms with Crippen molar-refractivity contribution < 1.29 is 13.9 Å². The van der Waals surface area contributed by atoms with Crippen molar-refractivity contribution in [2.45, 2.75) is 84.8 Å². The molecule has 1 saturated heterocycles. The van der Waals surface area contributed by atoms with Gasteiger partial charge in [-0.05, 0) is 101 Å². The second kappa shape index (κ2) is 12.0. The topological polar surface area (TPSA) is 93.5 Å². The van der Waals surface area contributed by atoms with Gasteiger partial charge in [0.1, 0.15) is 17.2 Å². The lowest BCUT2D eigenvalue weighted by Crippen LogP contribution is -2.55. The third-order valence-corrected chi connectivity index (χ3v) is 8.79. The quantitative estimate of drug-likeness (QED) is 0.223. The number of fused-ring (bicyclic) bond motifs is 1. The Morgan fingerprint density at radius 3 is 2.50 bits per heavy atom. The summed E-state index contributed by atoms with van der Waals surface area (Å²) in [7, 11) is 0. The molecule has 1 aliphatic heterocycles. The zero-order valence-corrected chi connectivity index (χ0v) is 28.2. The molecule has 0 bridgehead atoms. The van der Waals surface area contributed by atoms with Gasteiger partial charge in [-0.2, -0.15) is 4.98 Å². The van der Waals surface area contributed by atoms with Gasteiger partial charge in [-0.1, -0.05) is 25.4 Å². The van der Waals surface area contributed by atoms with Gasteiger partial charge >= 0.3 is 11.8 Å². The Morgan fingerprint density at radius 1 is 1.11 bits per heavy atom. The number of benzene rings is 1. The van der Waals surface area contributed by atoms with E-state index in [0.717, 1.165) is 29.7 Å². The number of halogens is 2. The van der Waals surface area contributed by atoms with Crippen LogP contribution < -0.4 is 10.6 Å². The van der Waals surface area contributed by atoms with Crippen LogP contribution in [-0.2, 0) is 4.74 Å². The Labute approximate surface area is 273 Å². The van der Waals surface area contributed by atoms with Gasteiger partial charge in [-0.3, -0.25) is 4.98 Å². The first kappa shape index (κ1) is 31.9. The lowest BCUT2D eigenvalue weighted by molar-refractivity contribution is 0.0218. The summed E-state index contributed by atoms with van der Waals surface area (Å²) in [6.45, 7) is 14.8. The molecule has 1 atom stereocenters. The van der Waals surface area contributed by atoms with Gasteiger partial charge in [0, 0.05) is 42.5 Å². The standard InChI is InChI=1S/C35H40ClFN6O3/c1-19(2)28-30(20(3)12-13-38-28)43-32-26(17-24(22-8-9-22)29(39-32)25-16-23(36)10-11-27(25)37)31(40-33(43)44)42-15-14-41(18-21(42)4)34(45)46-35(5,6)7/h10-13,16-17,19,21-22H,8-9,14-15,18H2,1-7H3. The SMILES string of the molecule is Cc1ccnc(C(C)C)c1-n1c(=O)nc(N2CCN(C(=O)OC(C)(C)C)CC2C)c2cc(C3CC3)c(-c3cc(Cl)ccc3F)nc21. The molecule has 1 amide bonds. The summed E-state index contributed by atoms with van der Waals surface area (Å²) in [6.07, 6.45) is 3.27. The second-order valence-electron chi connectivity index (χ2n) is 13.7. The van der Waals surface area contributed by atoms with Crippen molar-refractivity contribution in [1.29, 1.82) is 0 Å². The molecule has 4 heterocycles. The van der Waals surface area contributed by atoms with Gasteiger partial charge in [0.05, 0.1) is 22.5 Å². The lowest BCUT2D eigenvalue weighted by atomic mass is 9.99. The average molecular weight is 647 g/mol. The number of pyridine rings is 2. The molecule has 3 aromatic heterocycles. The molecule has 1 aliphatic carbocycles. The number of carbonyl (C=O) groups is 1. The number of piperazine rings is 1. The molecule has 9 nitrogen and oxygen atoms in total. The van der Waals surface area contributed by atoms with Crippen molar-refractivity contribution in [2.24, 2.45) is 0 Å². The van der Waals surface area contributed by atoms with Crippen molar-refractivity contribution in [3.05, 3.63) is 74.7 Å². The van der Waals surface area contributed by atoms with Crippen molar-refractivity contribution in [3.8, 4) is 16.9 Å². The molecule has 1 unspecified atom stereocenters. The monoisotopic (exact) mass is 646 g/mol. The summed E-state index contributed by atoms with van der Waals surface area (Å²) < 4.78 is 22.6. The third kappa shape index (κ3) is 6.07. The minimum absolute atomic E-state index is 0.00747. The van der Waals surface area contributed by atoms with Crippen LogP contribution in [0.25, 0.3) is 28.0 Å². The maximum atomic E-state index is 15.4. The second-order valence-corrected chi connectivity index (χ2v) is 14.2. The molecule has 6 rings (SSSR count). The fourth-order valence-corrected chi connectivity index (χ4v) is 6.39. The summed E-state index contributed by atoms with van der Waals surface area (Å²) >= 11 is 6.36. The van der Waals surface area contributed by atoms with E-state index < -0.39 is 17.1 Å². The molecule has 2 aliphatic rings. The van der Waals surface area contributed by atoms with E-state index in [1.807, 2.05) is 60.6 Å². The molecule has 0 spiro atoms. The molecular formula is C35H40ClFN6O3. The van der Waals surface area contributed by atoms with Crippen molar-refractivity contribution in [1.82, 2.24) is 24.4 Å². The summed E-state index contributed by atoms with van der Waals surface area (Å²) in [5, 5.41) is 1.08. The summed E-state index contributed by atoms with van der Waals surface area (Å²) in [5.41, 5.74) is 3.12. The highest BCUT2D eigenvalue weighted by Crippen LogP contribution is 2.46. The minimum atomic E-state index is -0.607. The van der Waals surface area contributed by atoms with Crippen LogP contribution in [0.1, 0.15) is 83.0 Å². The number of aryl methyl sites for hydroxylation is 1. The van der Waals surface area contributed by atoms with Crippen LogP contribution in [-0.4, -0.2) is 61.8 Å². The normalized spacial score (nSPS) is 17.2. The van der Waals surface area contributed by atoms with E-state index in [4.69, 9.17) is 26.3 Å². The van der Waals surface area contributed by atoms with Crippen LogP contribution in [0.2, 0.25) is 5.02 Å². The third-order valence-electron chi connectivity index (χ3n) is 8.55. The smallest absolute Gasteiger partial charge is 0.410 e. The molecule has 1 saturated carbocycles. The van der Waals surface area contributed by atoms with E-state index in [0.29, 0.717) is 58.5 Å². The van der Waals surface area contributed by atoms with Gasteiger partial charge in [-0.25, -0.2) is 23.5 Å². The van der Waals surface area contributed by atoms with Gasteiger partial charge < -0.3 is 14.5 Å². The maximum absolute atomic E-state index is 15.4. The molecule has 46 heavy (non-hydrogen) atoms. The van der Waals surface area contributed by atoms with Gasteiger partial charge in [0.15, 0.2) is 5.65 Å². The maximum Gasteiger partial charge on any atom is 0.410 e. The van der Waals surface area contributed by atoms with E-state index >= 15 is 4.39 Å². The predicted molar refractivity (Wildman–Crippen MR) is 179 cm³/mol. The first-order valence-corrected chi connectivity index (χ1v) is 16.2. The number of anilines is 1. The van der Waals surface area contributed by atoms with Crippen LogP contribution in [0.5, 0.6) is 0 Å². The van der Waals surface area contributed by atoms with Crippen molar-refractivity contribution >= 4 is 34.5 Å². The number of hydrogen-bond acceptors (Lipinski definition) is 7. The Kier molecular flexibility index (Phi) is 8.29. The molecule has 0 radical (unpaired) electrons. The van der Waals surface area contributed by atoms with Crippen LogP contribution in [0.4, 0.5) is 15.0 Å². The Morgan fingerprint density at radius 2 is 1.85 bits per heavy atom. The Hall–Kier alpha value is -4.05. The highest BCUT2D eigenvalue weighted by Gasteiger charge is 2.35. The summed E-state index contributed by atoms with van der Waals surface area (Å²) in [4.78, 5) is 45.4. The number of hydrogen-bond donors (Lipinski definition) is 0. The molecular weight excluding hydrogens is 607 g/mol. The van der Waals surface area contributed by atoms with E-state index in [1.165, 1.54) is 16.7 Å². The molecule has 0 N–H and O–H groups in total. The molecule has 1 aromatic carbocycles. The number of carbonyl (C=O) groups excluding carboxylic acids is 1. The first-order chi connectivity index (χ1) is 21.7. The molecule has 242 valence electrons. The van der Waals surface area contributed by atoms with Crippen LogP contribution in [0.3, 0.4) is 0 Å². The highest BCUT2D eigenvalue weighted by molar-refractivity contribution is 6.30. The summed E-state index contributed by atoms with van der Waals surface area (Å²) in [5.74, 6) is 0.265. The van der Waals surface area contributed by atoms with E-state index in [2.05, 4.69) is 9.88 Å². The van der Waals surface area contributed by atoms with Gasteiger partial charge in [0.2, 0.25) is 0 Å². The van der Waals surface area contributed by atoms with Gasteiger partial charge in [-0.15, -0.1) is 0 Å². The number of nitrogens with zero attached hydrogens (tertiary/aromatic N) is 6. The number of rotatable bonds is 5. The average Bonchev–Trinajstić information content (AvgIpc) is 3.82. The predicted octanol–water partition coefficient (Wildman–Crippen LogP) is 7.39. The number of ether oxygens (including phenoxy) is 1. The fourth-order valence-electron chi connectivity index (χ4n) is 6.22. The zero-order valence-electron chi connectivity index (χ0n) is 27.4. The number of aromatic nitrogens is 4.